The van der Waals surface area contributed by atoms with Gasteiger partial charge in [0.15, 0.2) is 0 Å². The van der Waals surface area contributed by atoms with E-state index in [0.29, 0.717) is 37.7 Å². The van der Waals surface area contributed by atoms with Gasteiger partial charge in [0.05, 0.1) is 12.1 Å². The second-order valence-corrected chi connectivity index (χ2v) is 6.95. The first-order valence-electron chi connectivity index (χ1n) is 9.53. The van der Waals surface area contributed by atoms with Crippen molar-refractivity contribution in [2.75, 3.05) is 31.1 Å². The van der Waals surface area contributed by atoms with Crippen molar-refractivity contribution in [2.24, 2.45) is 0 Å². The minimum atomic E-state index is -0.306. The fourth-order valence-corrected chi connectivity index (χ4v) is 3.40. The third-order valence-corrected chi connectivity index (χ3v) is 5.01. The lowest BCUT2D eigenvalue weighted by Gasteiger charge is -2.35. The predicted molar refractivity (Wildman–Crippen MR) is 109 cm³/mol. The fraction of sp³-hybridized carbons (Fsp3) is 0.227. The smallest absolute Gasteiger partial charge is 0.271 e. The third-order valence-electron chi connectivity index (χ3n) is 5.01. The number of halogens is 1. The Morgan fingerprint density at radius 3 is 2.28 bits per heavy atom. The standard InChI is InChI=1S/C22H21FN4O2/c23-18-8-6-17(7-9-18)16-22(29)26-14-12-25(13-15-26)20-10-11-21(28)27(24-20)19-4-2-1-3-5-19/h1-11H,12-16H2. The normalized spacial score (nSPS) is 14.1. The molecule has 1 aliphatic heterocycles. The van der Waals surface area contributed by atoms with Crippen molar-refractivity contribution in [2.45, 2.75) is 6.42 Å². The van der Waals surface area contributed by atoms with Crippen LogP contribution in [0.15, 0.2) is 71.5 Å². The van der Waals surface area contributed by atoms with E-state index in [1.165, 1.54) is 22.9 Å². The summed E-state index contributed by atoms with van der Waals surface area (Å²) < 4.78 is 14.4. The molecule has 2 aromatic carbocycles. The quantitative estimate of drug-likeness (QED) is 0.684. The number of piperazine rings is 1. The number of benzene rings is 2. The van der Waals surface area contributed by atoms with Crippen LogP contribution in [0.5, 0.6) is 0 Å². The number of anilines is 1. The minimum Gasteiger partial charge on any atom is -0.352 e. The molecule has 6 nitrogen and oxygen atoms in total. The summed E-state index contributed by atoms with van der Waals surface area (Å²) in [6, 6.07) is 18.5. The Hall–Kier alpha value is -3.48. The van der Waals surface area contributed by atoms with Crippen molar-refractivity contribution in [3.63, 3.8) is 0 Å². The topological polar surface area (TPSA) is 58.4 Å². The number of rotatable bonds is 4. The molecule has 0 radical (unpaired) electrons. The third kappa shape index (κ3) is 4.34. The lowest BCUT2D eigenvalue weighted by atomic mass is 10.1. The summed E-state index contributed by atoms with van der Waals surface area (Å²) >= 11 is 0. The van der Waals surface area contributed by atoms with E-state index in [9.17, 15) is 14.0 Å². The van der Waals surface area contributed by atoms with Gasteiger partial charge >= 0.3 is 0 Å². The highest BCUT2D eigenvalue weighted by Crippen LogP contribution is 2.14. The number of amides is 1. The van der Waals surface area contributed by atoms with Crippen molar-refractivity contribution in [1.82, 2.24) is 14.7 Å². The largest absolute Gasteiger partial charge is 0.352 e. The van der Waals surface area contributed by atoms with Gasteiger partial charge in [0.25, 0.3) is 5.56 Å². The molecule has 2 heterocycles. The summed E-state index contributed by atoms with van der Waals surface area (Å²) in [5, 5.41) is 4.50. The van der Waals surface area contributed by atoms with Gasteiger partial charge in [-0.25, -0.2) is 4.39 Å². The number of nitrogens with zero attached hydrogens (tertiary/aromatic N) is 4. The van der Waals surface area contributed by atoms with Crippen LogP contribution >= 0.6 is 0 Å². The zero-order valence-electron chi connectivity index (χ0n) is 15.9. The van der Waals surface area contributed by atoms with Crippen molar-refractivity contribution >= 4 is 11.7 Å². The van der Waals surface area contributed by atoms with E-state index in [1.54, 1.807) is 18.2 Å². The molecule has 148 valence electrons. The van der Waals surface area contributed by atoms with Gasteiger partial charge in [0.2, 0.25) is 5.91 Å². The van der Waals surface area contributed by atoms with Crippen molar-refractivity contribution in [3.05, 3.63) is 88.5 Å². The molecule has 0 unspecified atom stereocenters. The Bertz CT molecular complexity index is 1040. The van der Waals surface area contributed by atoms with Crippen LogP contribution in [0.1, 0.15) is 5.56 Å². The van der Waals surface area contributed by atoms with E-state index in [-0.39, 0.29) is 23.7 Å². The summed E-state index contributed by atoms with van der Waals surface area (Å²) in [4.78, 5) is 28.6. The Labute approximate surface area is 167 Å². The molecule has 1 aromatic heterocycles. The van der Waals surface area contributed by atoms with Crippen LogP contribution in [0.4, 0.5) is 10.2 Å². The molecule has 1 saturated heterocycles. The van der Waals surface area contributed by atoms with E-state index in [2.05, 4.69) is 10.00 Å². The Morgan fingerprint density at radius 2 is 1.59 bits per heavy atom. The van der Waals surface area contributed by atoms with Crippen molar-refractivity contribution < 1.29 is 9.18 Å². The molecule has 29 heavy (non-hydrogen) atoms. The van der Waals surface area contributed by atoms with Gasteiger partial charge in [0, 0.05) is 32.2 Å². The molecule has 4 rings (SSSR count). The molecule has 0 spiro atoms. The van der Waals surface area contributed by atoms with Crippen molar-refractivity contribution in [3.8, 4) is 5.69 Å². The number of carbonyl (C=O) groups excluding carboxylic acids is 1. The van der Waals surface area contributed by atoms with Crippen LogP contribution < -0.4 is 10.5 Å². The molecule has 7 heteroatoms. The zero-order chi connectivity index (χ0) is 20.2. The summed E-state index contributed by atoms with van der Waals surface area (Å²) in [6.07, 6.45) is 0.261. The Balaban J connectivity index is 1.41. The Kier molecular flexibility index (Phi) is 5.37. The highest BCUT2D eigenvalue weighted by atomic mass is 19.1. The predicted octanol–water partition coefficient (Wildman–Crippen LogP) is 2.26. The van der Waals surface area contributed by atoms with Crippen LogP contribution in [-0.2, 0) is 11.2 Å². The molecule has 1 amide bonds. The highest BCUT2D eigenvalue weighted by Gasteiger charge is 2.22. The minimum absolute atomic E-state index is 0.0264. The van der Waals surface area contributed by atoms with E-state index >= 15 is 0 Å². The van der Waals surface area contributed by atoms with Gasteiger partial charge in [-0.2, -0.15) is 4.68 Å². The monoisotopic (exact) mass is 392 g/mol. The highest BCUT2D eigenvalue weighted by molar-refractivity contribution is 5.79. The molecule has 1 aliphatic rings. The lowest BCUT2D eigenvalue weighted by molar-refractivity contribution is -0.130. The number of hydrogen-bond donors (Lipinski definition) is 0. The van der Waals surface area contributed by atoms with E-state index in [4.69, 9.17) is 0 Å². The molecule has 1 fully saturated rings. The second-order valence-electron chi connectivity index (χ2n) is 6.95. The average Bonchev–Trinajstić information content (AvgIpc) is 2.76. The van der Waals surface area contributed by atoms with Gasteiger partial charge in [-0.05, 0) is 35.9 Å². The van der Waals surface area contributed by atoms with Gasteiger partial charge in [0.1, 0.15) is 11.6 Å². The zero-order valence-corrected chi connectivity index (χ0v) is 15.9. The molecule has 0 aliphatic carbocycles. The van der Waals surface area contributed by atoms with E-state index in [1.807, 2.05) is 35.2 Å². The van der Waals surface area contributed by atoms with Crippen LogP contribution in [-0.4, -0.2) is 46.8 Å². The Morgan fingerprint density at radius 1 is 0.897 bits per heavy atom. The van der Waals surface area contributed by atoms with Crippen LogP contribution in [0.3, 0.4) is 0 Å². The first kappa shape index (κ1) is 18.9. The number of hydrogen-bond acceptors (Lipinski definition) is 4. The summed E-state index contributed by atoms with van der Waals surface area (Å²) in [6.45, 7) is 2.42. The number of para-hydroxylation sites is 1. The molecule has 3 aromatic rings. The molecular formula is C22H21FN4O2. The van der Waals surface area contributed by atoms with Crippen molar-refractivity contribution in [1.29, 1.82) is 0 Å². The molecule has 0 saturated carbocycles. The SMILES string of the molecule is O=C(Cc1ccc(F)cc1)N1CCN(c2ccc(=O)n(-c3ccccc3)n2)CC1. The second kappa shape index (κ2) is 8.26. The molecular weight excluding hydrogens is 371 g/mol. The number of carbonyl (C=O) groups is 1. The maximum Gasteiger partial charge on any atom is 0.271 e. The molecule has 0 bridgehead atoms. The lowest BCUT2D eigenvalue weighted by Crippen LogP contribution is -2.49. The van der Waals surface area contributed by atoms with Crippen LogP contribution in [0, 0.1) is 5.82 Å². The molecule has 0 atom stereocenters. The maximum absolute atomic E-state index is 13.0. The summed E-state index contributed by atoms with van der Waals surface area (Å²) in [5.41, 5.74) is 1.33. The van der Waals surface area contributed by atoms with Gasteiger partial charge in [-0.3, -0.25) is 9.59 Å². The van der Waals surface area contributed by atoms with Gasteiger partial charge in [-0.1, -0.05) is 30.3 Å². The molecule has 0 N–H and O–H groups in total. The van der Waals surface area contributed by atoms with Crippen LogP contribution in [0.2, 0.25) is 0 Å². The number of aromatic nitrogens is 2. The average molecular weight is 392 g/mol. The van der Waals surface area contributed by atoms with Crippen LogP contribution in [0.25, 0.3) is 5.69 Å². The van der Waals surface area contributed by atoms with E-state index in [0.717, 1.165) is 5.56 Å². The fourth-order valence-electron chi connectivity index (χ4n) is 3.40. The summed E-state index contributed by atoms with van der Waals surface area (Å²) in [5.74, 6) is 0.428. The van der Waals surface area contributed by atoms with Gasteiger partial charge in [-0.15, -0.1) is 5.10 Å². The van der Waals surface area contributed by atoms with E-state index < -0.39 is 0 Å². The first-order valence-corrected chi connectivity index (χ1v) is 9.53. The maximum atomic E-state index is 13.0. The van der Waals surface area contributed by atoms with Gasteiger partial charge < -0.3 is 9.80 Å². The first-order chi connectivity index (χ1) is 14.1. The summed E-state index contributed by atoms with van der Waals surface area (Å²) in [7, 11) is 0.